The summed E-state index contributed by atoms with van der Waals surface area (Å²) in [5.74, 6) is 0.822. The topological polar surface area (TPSA) is 42.4 Å². The molecule has 0 radical (unpaired) electrons. The van der Waals surface area contributed by atoms with Gasteiger partial charge in [-0.05, 0) is 50.2 Å². The molecule has 1 fully saturated rings. The molecule has 1 aliphatic rings. The fraction of sp³-hybridized carbons (Fsp3) is 0.312. The highest BCUT2D eigenvalue weighted by atomic mass is 16.3. The van der Waals surface area contributed by atoms with Crippen LogP contribution in [0.15, 0.2) is 45.8 Å². The second-order valence-corrected chi connectivity index (χ2v) is 5.39. The molecule has 0 bridgehead atoms. The van der Waals surface area contributed by atoms with Gasteiger partial charge in [-0.25, -0.2) is 4.98 Å². The lowest BCUT2D eigenvalue weighted by molar-refractivity contribution is 0.317. The molecule has 0 saturated carbocycles. The number of fused-ring (bicyclic) bond motifs is 1. The molecule has 0 N–H and O–H groups in total. The smallest absolute Gasteiger partial charge is 0.226 e. The van der Waals surface area contributed by atoms with Crippen molar-refractivity contribution in [1.82, 2.24) is 9.88 Å². The van der Waals surface area contributed by atoms with E-state index in [1.807, 2.05) is 18.3 Å². The molecule has 1 saturated heterocycles. The van der Waals surface area contributed by atoms with Crippen LogP contribution in [0.2, 0.25) is 0 Å². The quantitative estimate of drug-likeness (QED) is 0.708. The van der Waals surface area contributed by atoms with E-state index in [2.05, 4.69) is 23.0 Å². The van der Waals surface area contributed by atoms with Crippen molar-refractivity contribution in [2.24, 2.45) is 0 Å². The average molecular weight is 268 g/mol. The third-order valence-electron chi connectivity index (χ3n) is 4.14. The first-order valence-corrected chi connectivity index (χ1v) is 6.94. The maximum Gasteiger partial charge on any atom is 0.226 e. The van der Waals surface area contributed by atoms with Crippen molar-refractivity contribution in [3.63, 3.8) is 0 Å². The summed E-state index contributed by atoms with van der Waals surface area (Å²) >= 11 is 0. The molecule has 4 heterocycles. The van der Waals surface area contributed by atoms with Gasteiger partial charge in [-0.1, -0.05) is 0 Å². The maximum absolute atomic E-state index is 5.53. The standard InChI is InChI=1S/C16H16N2O2/c1-18-6-2-4-14(18)11-8-12-13(15-5-3-7-19-15)10-20-16(12)17-9-11/h3,5,7-10,14H,2,4,6H2,1H3/t14-/m0/s1. The Hall–Kier alpha value is -2.07. The molecule has 3 aromatic rings. The molecule has 20 heavy (non-hydrogen) atoms. The van der Waals surface area contributed by atoms with Crippen LogP contribution in [0.3, 0.4) is 0 Å². The van der Waals surface area contributed by atoms with Gasteiger partial charge in [0.25, 0.3) is 0 Å². The molecule has 0 amide bonds. The van der Waals surface area contributed by atoms with Crippen LogP contribution in [0.4, 0.5) is 0 Å². The van der Waals surface area contributed by atoms with Crippen LogP contribution in [0.1, 0.15) is 24.4 Å². The fourth-order valence-electron chi connectivity index (χ4n) is 3.07. The van der Waals surface area contributed by atoms with Crippen LogP contribution in [-0.4, -0.2) is 23.5 Å². The summed E-state index contributed by atoms with van der Waals surface area (Å²) in [6.07, 6.45) is 7.77. The van der Waals surface area contributed by atoms with Gasteiger partial charge in [0.1, 0.15) is 12.0 Å². The maximum atomic E-state index is 5.53. The first-order chi connectivity index (χ1) is 9.83. The van der Waals surface area contributed by atoms with Crippen molar-refractivity contribution in [3.05, 3.63) is 42.5 Å². The van der Waals surface area contributed by atoms with Crippen molar-refractivity contribution in [1.29, 1.82) is 0 Å². The number of hydrogen-bond acceptors (Lipinski definition) is 4. The van der Waals surface area contributed by atoms with Gasteiger partial charge in [-0.3, -0.25) is 4.90 Å². The summed E-state index contributed by atoms with van der Waals surface area (Å²) in [5, 5.41) is 1.03. The van der Waals surface area contributed by atoms with Crippen molar-refractivity contribution in [2.45, 2.75) is 18.9 Å². The fourth-order valence-corrected chi connectivity index (χ4v) is 3.07. The van der Waals surface area contributed by atoms with E-state index in [-0.39, 0.29) is 0 Å². The number of pyridine rings is 1. The summed E-state index contributed by atoms with van der Waals surface area (Å²) in [6.45, 7) is 1.15. The number of hydrogen-bond donors (Lipinski definition) is 0. The van der Waals surface area contributed by atoms with Crippen LogP contribution < -0.4 is 0 Å². The molecule has 0 spiro atoms. The Balaban J connectivity index is 1.83. The molecule has 0 aliphatic carbocycles. The second kappa shape index (κ2) is 4.49. The summed E-state index contributed by atoms with van der Waals surface area (Å²) in [6, 6.07) is 6.48. The zero-order chi connectivity index (χ0) is 13.5. The third-order valence-corrected chi connectivity index (χ3v) is 4.14. The predicted octanol–water partition coefficient (Wildman–Crippen LogP) is 3.85. The van der Waals surface area contributed by atoms with E-state index in [0.717, 1.165) is 23.3 Å². The highest BCUT2D eigenvalue weighted by molar-refractivity contribution is 5.90. The molecular weight excluding hydrogens is 252 g/mol. The van der Waals surface area contributed by atoms with Gasteiger partial charge in [0.05, 0.1) is 17.2 Å². The van der Waals surface area contributed by atoms with E-state index in [0.29, 0.717) is 11.8 Å². The average Bonchev–Trinajstić information content (AvgIpc) is 3.17. The zero-order valence-electron chi connectivity index (χ0n) is 11.4. The van der Waals surface area contributed by atoms with Gasteiger partial charge < -0.3 is 8.83 Å². The van der Waals surface area contributed by atoms with Gasteiger partial charge in [-0.15, -0.1) is 0 Å². The Morgan fingerprint density at radius 3 is 3.05 bits per heavy atom. The van der Waals surface area contributed by atoms with E-state index in [4.69, 9.17) is 8.83 Å². The minimum absolute atomic E-state index is 0.464. The molecule has 102 valence electrons. The van der Waals surface area contributed by atoms with Crippen LogP contribution in [0, 0.1) is 0 Å². The molecule has 4 heteroatoms. The van der Waals surface area contributed by atoms with Crippen molar-refractivity contribution >= 4 is 11.1 Å². The molecule has 3 aromatic heterocycles. The first-order valence-electron chi connectivity index (χ1n) is 6.94. The molecule has 4 nitrogen and oxygen atoms in total. The lowest BCUT2D eigenvalue weighted by atomic mass is 10.0. The van der Waals surface area contributed by atoms with Gasteiger partial charge in [-0.2, -0.15) is 0 Å². The Labute approximate surface area is 117 Å². The minimum atomic E-state index is 0.464. The molecular formula is C16H16N2O2. The summed E-state index contributed by atoms with van der Waals surface area (Å²) < 4.78 is 11.0. The Morgan fingerprint density at radius 1 is 1.35 bits per heavy atom. The molecule has 1 atom stereocenters. The van der Waals surface area contributed by atoms with Gasteiger partial charge >= 0.3 is 0 Å². The van der Waals surface area contributed by atoms with E-state index in [9.17, 15) is 0 Å². The largest absolute Gasteiger partial charge is 0.464 e. The normalized spacial score (nSPS) is 19.9. The number of furan rings is 2. The van der Waals surface area contributed by atoms with E-state index >= 15 is 0 Å². The summed E-state index contributed by atoms with van der Waals surface area (Å²) in [4.78, 5) is 6.84. The Morgan fingerprint density at radius 2 is 2.30 bits per heavy atom. The zero-order valence-corrected chi connectivity index (χ0v) is 11.4. The number of nitrogens with zero attached hydrogens (tertiary/aromatic N) is 2. The Kier molecular flexibility index (Phi) is 2.63. The van der Waals surface area contributed by atoms with E-state index in [1.165, 1.54) is 18.4 Å². The van der Waals surface area contributed by atoms with Gasteiger partial charge in [0.2, 0.25) is 5.71 Å². The monoisotopic (exact) mass is 268 g/mol. The van der Waals surface area contributed by atoms with Crippen LogP contribution in [0.25, 0.3) is 22.4 Å². The van der Waals surface area contributed by atoms with Crippen LogP contribution >= 0.6 is 0 Å². The van der Waals surface area contributed by atoms with Crippen LogP contribution in [0.5, 0.6) is 0 Å². The van der Waals surface area contributed by atoms with Gasteiger partial charge in [0, 0.05) is 12.2 Å². The SMILES string of the molecule is CN1CCC[C@H]1c1cnc2occ(-c3ccco3)c2c1. The number of aromatic nitrogens is 1. The molecule has 4 rings (SSSR count). The minimum Gasteiger partial charge on any atom is -0.464 e. The molecule has 0 aromatic carbocycles. The van der Waals surface area contributed by atoms with E-state index in [1.54, 1.807) is 12.5 Å². The first kappa shape index (κ1) is 11.7. The highest BCUT2D eigenvalue weighted by Gasteiger charge is 2.24. The van der Waals surface area contributed by atoms with Crippen molar-refractivity contribution in [3.8, 4) is 11.3 Å². The number of likely N-dealkylation sites (tertiary alicyclic amines) is 1. The lowest BCUT2D eigenvalue weighted by Crippen LogP contribution is -2.17. The third kappa shape index (κ3) is 1.76. The van der Waals surface area contributed by atoms with Crippen molar-refractivity contribution < 1.29 is 8.83 Å². The highest BCUT2D eigenvalue weighted by Crippen LogP contribution is 2.35. The summed E-state index contributed by atoms with van der Waals surface area (Å²) in [7, 11) is 2.17. The Bertz CT molecular complexity index is 730. The lowest BCUT2D eigenvalue weighted by Gasteiger charge is -2.19. The molecule has 1 aliphatic heterocycles. The van der Waals surface area contributed by atoms with E-state index < -0.39 is 0 Å². The number of rotatable bonds is 2. The van der Waals surface area contributed by atoms with Gasteiger partial charge in [0.15, 0.2) is 0 Å². The van der Waals surface area contributed by atoms with Crippen molar-refractivity contribution in [2.75, 3.05) is 13.6 Å². The van der Waals surface area contributed by atoms with Crippen LogP contribution in [-0.2, 0) is 0 Å². The second-order valence-electron chi connectivity index (χ2n) is 5.39. The predicted molar refractivity (Wildman–Crippen MR) is 76.3 cm³/mol. The summed E-state index contributed by atoms with van der Waals surface area (Å²) in [5.41, 5.74) is 2.90. The molecule has 0 unspecified atom stereocenters.